The van der Waals surface area contributed by atoms with Crippen LogP contribution in [0.2, 0.25) is 0 Å². The fourth-order valence-corrected chi connectivity index (χ4v) is 2.88. The largest absolute Gasteiger partial charge is 0.447 e. The van der Waals surface area contributed by atoms with Gasteiger partial charge in [-0.3, -0.25) is 14.6 Å². The van der Waals surface area contributed by atoms with Gasteiger partial charge in [-0.15, -0.1) is 0 Å². The quantitative estimate of drug-likeness (QED) is 0.833. The molecule has 9 heteroatoms. The van der Waals surface area contributed by atoms with E-state index >= 15 is 0 Å². The van der Waals surface area contributed by atoms with Gasteiger partial charge in [-0.1, -0.05) is 6.92 Å². The van der Waals surface area contributed by atoms with E-state index in [0.717, 1.165) is 6.42 Å². The van der Waals surface area contributed by atoms with Crippen LogP contribution in [-0.2, 0) is 14.3 Å². The number of anilines is 2. The van der Waals surface area contributed by atoms with Crippen LogP contribution in [-0.4, -0.2) is 50.4 Å². The second kappa shape index (κ2) is 7.59. The highest BCUT2D eigenvalue weighted by molar-refractivity contribution is 5.92. The van der Waals surface area contributed by atoms with Crippen molar-refractivity contribution in [3.63, 3.8) is 0 Å². The van der Waals surface area contributed by atoms with E-state index in [2.05, 4.69) is 5.32 Å². The molecule has 2 aliphatic rings. The summed E-state index contributed by atoms with van der Waals surface area (Å²) in [5.74, 6) is -0.733. The molecule has 2 heterocycles. The highest BCUT2D eigenvalue weighted by atomic mass is 19.1. The molecule has 26 heavy (non-hydrogen) atoms. The van der Waals surface area contributed by atoms with E-state index in [9.17, 15) is 18.8 Å². The minimum absolute atomic E-state index is 0.102. The molecule has 0 aliphatic carbocycles. The van der Waals surface area contributed by atoms with Gasteiger partial charge in [0.15, 0.2) is 0 Å². The first-order valence-electron chi connectivity index (χ1n) is 8.48. The predicted octanol–water partition coefficient (Wildman–Crippen LogP) is 2.02. The van der Waals surface area contributed by atoms with Crippen LogP contribution in [0.3, 0.4) is 0 Å². The Morgan fingerprint density at radius 1 is 1.31 bits per heavy atom. The van der Waals surface area contributed by atoms with Crippen molar-refractivity contribution in [2.24, 2.45) is 0 Å². The van der Waals surface area contributed by atoms with E-state index in [1.165, 1.54) is 21.9 Å². The van der Waals surface area contributed by atoms with Gasteiger partial charge in [0.25, 0.3) is 0 Å². The number of rotatable bonds is 6. The lowest BCUT2D eigenvalue weighted by Gasteiger charge is -2.17. The molecule has 3 amide bonds. The van der Waals surface area contributed by atoms with Gasteiger partial charge in [0.1, 0.15) is 18.5 Å². The lowest BCUT2D eigenvalue weighted by molar-refractivity contribution is -0.121. The summed E-state index contributed by atoms with van der Waals surface area (Å²) in [5, 5.41) is 2.71. The van der Waals surface area contributed by atoms with Crippen molar-refractivity contribution in [1.82, 2.24) is 5.32 Å². The Morgan fingerprint density at radius 2 is 2.12 bits per heavy atom. The van der Waals surface area contributed by atoms with Crippen molar-refractivity contribution in [1.29, 1.82) is 0 Å². The zero-order chi connectivity index (χ0) is 18.7. The molecule has 1 aromatic rings. The summed E-state index contributed by atoms with van der Waals surface area (Å²) in [6.07, 6.45) is -0.554. The second-order valence-electron chi connectivity index (χ2n) is 6.07. The molecule has 2 saturated heterocycles. The smallest absolute Gasteiger partial charge is 0.414 e. The minimum Gasteiger partial charge on any atom is -0.447 e. The van der Waals surface area contributed by atoms with E-state index in [0.29, 0.717) is 12.1 Å². The number of halogens is 1. The molecule has 1 aromatic carbocycles. The van der Waals surface area contributed by atoms with Crippen LogP contribution in [0.15, 0.2) is 18.2 Å². The average Bonchev–Trinajstić information content (AvgIpc) is 3.19. The molecule has 1 N–H and O–H groups in total. The first kappa shape index (κ1) is 18.0. The van der Waals surface area contributed by atoms with Crippen molar-refractivity contribution < 1.29 is 28.2 Å². The highest BCUT2D eigenvalue weighted by Crippen LogP contribution is 2.29. The predicted molar refractivity (Wildman–Crippen MR) is 90.6 cm³/mol. The van der Waals surface area contributed by atoms with Gasteiger partial charge >= 0.3 is 12.2 Å². The standard InChI is InChI=1S/C17H20FN3O5/c1-2-3-15(22)19-9-12-10-21(17(24)26-12)11-4-5-14(13(18)8-11)20-6-7-25-16(20)23/h4-5,8,12H,2-3,6-7,9-10H2,1H3,(H,19,22)/t12-/m1/s1. The summed E-state index contributed by atoms with van der Waals surface area (Å²) >= 11 is 0. The normalized spacial score (nSPS) is 19.5. The fourth-order valence-electron chi connectivity index (χ4n) is 2.88. The number of nitrogens with one attached hydrogen (secondary N) is 1. The number of hydrogen-bond donors (Lipinski definition) is 1. The topological polar surface area (TPSA) is 88.2 Å². The number of ether oxygens (including phenoxy) is 2. The number of carbonyl (C=O) groups is 3. The fraction of sp³-hybridized carbons (Fsp3) is 0.471. The lowest BCUT2D eigenvalue weighted by atomic mass is 10.2. The molecule has 0 unspecified atom stereocenters. The molecule has 0 saturated carbocycles. The zero-order valence-corrected chi connectivity index (χ0v) is 14.4. The monoisotopic (exact) mass is 365 g/mol. The number of cyclic esters (lactones) is 2. The van der Waals surface area contributed by atoms with Gasteiger partial charge in [0, 0.05) is 6.42 Å². The van der Waals surface area contributed by atoms with E-state index in [4.69, 9.17) is 9.47 Å². The molecule has 0 radical (unpaired) electrons. The molecule has 0 aromatic heterocycles. The molecule has 8 nitrogen and oxygen atoms in total. The first-order chi connectivity index (χ1) is 12.5. The van der Waals surface area contributed by atoms with Crippen LogP contribution in [0, 0.1) is 5.82 Å². The summed E-state index contributed by atoms with van der Waals surface area (Å²) in [6.45, 7) is 2.80. The van der Waals surface area contributed by atoms with Gasteiger partial charge in [-0.2, -0.15) is 0 Å². The second-order valence-corrected chi connectivity index (χ2v) is 6.07. The molecular formula is C17H20FN3O5. The van der Waals surface area contributed by atoms with Crippen molar-refractivity contribution in [2.45, 2.75) is 25.9 Å². The molecular weight excluding hydrogens is 345 g/mol. The van der Waals surface area contributed by atoms with Crippen molar-refractivity contribution in [2.75, 3.05) is 36.0 Å². The van der Waals surface area contributed by atoms with Gasteiger partial charge < -0.3 is 14.8 Å². The third-order valence-electron chi connectivity index (χ3n) is 4.17. The van der Waals surface area contributed by atoms with E-state index < -0.39 is 24.1 Å². The van der Waals surface area contributed by atoms with Gasteiger partial charge in [0.05, 0.1) is 31.0 Å². The average molecular weight is 365 g/mol. The number of carbonyl (C=O) groups excluding carboxylic acids is 3. The molecule has 3 rings (SSSR count). The Kier molecular flexibility index (Phi) is 5.24. The van der Waals surface area contributed by atoms with Gasteiger partial charge in [0.2, 0.25) is 5.91 Å². The van der Waals surface area contributed by atoms with Crippen LogP contribution in [0.1, 0.15) is 19.8 Å². The van der Waals surface area contributed by atoms with Crippen molar-refractivity contribution in [3.8, 4) is 0 Å². The van der Waals surface area contributed by atoms with Crippen LogP contribution in [0.4, 0.5) is 25.4 Å². The first-order valence-corrected chi connectivity index (χ1v) is 8.48. The Morgan fingerprint density at radius 3 is 2.77 bits per heavy atom. The molecule has 1 atom stereocenters. The molecule has 140 valence electrons. The summed E-state index contributed by atoms with van der Waals surface area (Å²) < 4.78 is 24.4. The molecule has 2 fully saturated rings. The number of hydrogen-bond acceptors (Lipinski definition) is 5. The molecule has 0 spiro atoms. The summed E-state index contributed by atoms with van der Waals surface area (Å²) in [4.78, 5) is 37.6. The van der Waals surface area contributed by atoms with Gasteiger partial charge in [-0.25, -0.2) is 14.0 Å². The Balaban J connectivity index is 1.65. The number of amides is 3. The van der Waals surface area contributed by atoms with Crippen LogP contribution >= 0.6 is 0 Å². The zero-order valence-electron chi connectivity index (χ0n) is 14.4. The highest BCUT2D eigenvalue weighted by Gasteiger charge is 2.33. The Labute approximate surface area is 149 Å². The van der Waals surface area contributed by atoms with Crippen LogP contribution < -0.4 is 15.1 Å². The summed E-state index contributed by atoms with van der Waals surface area (Å²) in [5.41, 5.74) is 0.429. The van der Waals surface area contributed by atoms with E-state index in [1.54, 1.807) is 6.07 Å². The third kappa shape index (κ3) is 3.71. The minimum atomic E-state index is -0.631. The lowest BCUT2D eigenvalue weighted by Crippen LogP contribution is -2.34. The summed E-state index contributed by atoms with van der Waals surface area (Å²) in [6, 6.07) is 4.16. The third-order valence-corrected chi connectivity index (χ3v) is 4.17. The Hall–Kier alpha value is -2.84. The Bertz CT molecular complexity index is 726. The maximum absolute atomic E-state index is 14.4. The van der Waals surface area contributed by atoms with Crippen LogP contribution in [0.5, 0.6) is 0 Å². The van der Waals surface area contributed by atoms with Crippen molar-refractivity contribution >= 4 is 29.5 Å². The van der Waals surface area contributed by atoms with Crippen LogP contribution in [0.25, 0.3) is 0 Å². The molecule has 0 bridgehead atoms. The van der Waals surface area contributed by atoms with Gasteiger partial charge in [-0.05, 0) is 24.6 Å². The maximum atomic E-state index is 14.4. The summed E-state index contributed by atoms with van der Waals surface area (Å²) in [7, 11) is 0. The molecule has 2 aliphatic heterocycles. The van der Waals surface area contributed by atoms with Crippen molar-refractivity contribution in [3.05, 3.63) is 24.0 Å². The SMILES string of the molecule is CCCC(=O)NC[C@@H]1CN(c2ccc(N3CCOC3=O)c(F)c2)C(=O)O1. The number of nitrogens with zero attached hydrogens (tertiary/aromatic N) is 2. The maximum Gasteiger partial charge on any atom is 0.414 e. The van der Waals surface area contributed by atoms with E-state index in [1.807, 2.05) is 6.92 Å². The number of benzene rings is 1. The van der Waals surface area contributed by atoms with E-state index in [-0.39, 0.29) is 37.8 Å².